The fourth-order valence-corrected chi connectivity index (χ4v) is 7.46. The summed E-state index contributed by atoms with van der Waals surface area (Å²) in [5.41, 5.74) is -5.84. The summed E-state index contributed by atoms with van der Waals surface area (Å²) in [7, 11) is -5.23. The molecule has 0 aliphatic heterocycles. The van der Waals surface area contributed by atoms with Gasteiger partial charge in [0, 0.05) is 12.8 Å². The Kier molecular flexibility index (Phi) is 5.01. The molecule has 1 N–H and O–H groups in total. The van der Waals surface area contributed by atoms with Crippen molar-refractivity contribution in [2.24, 2.45) is 23.7 Å². The van der Waals surface area contributed by atoms with Crippen molar-refractivity contribution in [3.8, 4) is 0 Å². The summed E-state index contributed by atoms with van der Waals surface area (Å²) in [5, 5.41) is 0. The Morgan fingerprint density at radius 1 is 0.933 bits per heavy atom. The Hall–Kier alpha value is -0.970. The zero-order valence-corrected chi connectivity index (χ0v) is 17.1. The van der Waals surface area contributed by atoms with Crippen LogP contribution in [0.2, 0.25) is 0 Å². The summed E-state index contributed by atoms with van der Waals surface area (Å²) in [6, 6.07) is 0. The van der Waals surface area contributed by atoms with Crippen molar-refractivity contribution in [1.82, 2.24) is 0 Å². The van der Waals surface area contributed by atoms with Crippen molar-refractivity contribution in [3.63, 3.8) is 0 Å². The van der Waals surface area contributed by atoms with Gasteiger partial charge in [0.15, 0.2) is 0 Å². The molecule has 0 aromatic carbocycles. The molecule has 0 heterocycles. The average molecular weight is 460 g/mol. The van der Waals surface area contributed by atoms with E-state index in [4.69, 9.17) is 9.29 Å². The molecular weight excluding hydrogens is 435 g/mol. The second-order valence-corrected chi connectivity index (χ2v) is 11.3. The zero-order valence-electron chi connectivity index (χ0n) is 16.3. The van der Waals surface area contributed by atoms with Crippen LogP contribution in [0.3, 0.4) is 0 Å². The first kappa shape index (κ1) is 22.2. The van der Waals surface area contributed by atoms with Gasteiger partial charge in [-0.25, -0.2) is 22.0 Å². The van der Waals surface area contributed by atoms with E-state index in [9.17, 15) is 30.8 Å². The standard InChI is InChI=1S/C19H25F5O5S/c20-17(21)2-1-3-18(22,23)19(17,24)14(10-30(26,27)28)15(25)29-16-7-11-4-12(8-16)6-13(5-11)9-16/h11-14H,1-10H2,(H,26,27,28). The normalized spacial score (nSPS) is 39.5. The SMILES string of the molecule is O=C(OC12CC3CC(CC(C3)C1)C2)C(CS(=O)(=O)O)C1(F)C(F)(F)CCCC1(F)F. The van der Waals surface area contributed by atoms with Gasteiger partial charge in [-0.1, -0.05) is 0 Å². The highest BCUT2D eigenvalue weighted by Crippen LogP contribution is 2.59. The Morgan fingerprint density at radius 3 is 1.77 bits per heavy atom. The molecule has 5 aliphatic rings. The minimum Gasteiger partial charge on any atom is -0.459 e. The highest BCUT2D eigenvalue weighted by molar-refractivity contribution is 7.85. The lowest BCUT2D eigenvalue weighted by Gasteiger charge is -2.56. The molecule has 11 heteroatoms. The van der Waals surface area contributed by atoms with Gasteiger partial charge in [0.1, 0.15) is 11.5 Å². The Morgan fingerprint density at radius 2 is 1.37 bits per heavy atom. The molecule has 1 unspecified atom stereocenters. The van der Waals surface area contributed by atoms with Crippen LogP contribution in [0.4, 0.5) is 22.0 Å². The van der Waals surface area contributed by atoms with E-state index in [0.717, 1.165) is 19.3 Å². The van der Waals surface area contributed by atoms with Crippen LogP contribution in [0, 0.1) is 23.7 Å². The molecule has 4 bridgehead atoms. The van der Waals surface area contributed by atoms with E-state index in [2.05, 4.69) is 0 Å². The summed E-state index contributed by atoms with van der Waals surface area (Å²) in [4.78, 5) is 12.9. The van der Waals surface area contributed by atoms with Crippen molar-refractivity contribution in [1.29, 1.82) is 0 Å². The van der Waals surface area contributed by atoms with Crippen LogP contribution in [-0.2, 0) is 19.6 Å². The molecule has 0 radical (unpaired) electrons. The molecule has 172 valence electrons. The van der Waals surface area contributed by atoms with Crippen molar-refractivity contribution in [3.05, 3.63) is 0 Å². The van der Waals surface area contributed by atoms with Gasteiger partial charge in [-0.05, 0) is 62.7 Å². The number of carbonyl (C=O) groups is 1. The van der Waals surface area contributed by atoms with Gasteiger partial charge in [-0.2, -0.15) is 8.42 Å². The Balaban J connectivity index is 1.68. The maximum absolute atomic E-state index is 15.6. The fraction of sp³-hybridized carbons (Fsp3) is 0.947. The van der Waals surface area contributed by atoms with Crippen molar-refractivity contribution >= 4 is 16.1 Å². The highest BCUT2D eigenvalue weighted by atomic mass is 32.2. The first-order chi connectivity index (χ1) is 13.7. The first-order valence-electron chi connectivity index (χ1n) is 10.3. The number of hydrogen-bond acceptors (Lipinski definition) is 4. The molecule has 0 amide bonds. The van der Waals surface area contributed by atoms with Crippen LogP contribution >= 0.6 is 0 Å². The van der Waals surface area contributed by atoms with Crippen LogP contribution in [0.5, 0.6) is 0 Å². The third kappa shape index (κ3) is 3.53. The average Bonchev–Trinajstić information content (AvgIpc) is 2.54. The van der Waals surface area contributed by atoms with Crippen LogP contribution in [0.1, 0.15) is 57.8 Å². The lowest BCUT2D eigenvalue weighted by Crippen LogP contribution is -2.67. The molecule has 5 rings (SSSR count). The summed E-state index contributed by atoms with van der Waals surface area (Å²) < 4.78 is 111. The van der Waals surface area contributed by atoms with E-state index in [-0.39, 0.29) is 17.8 Å². The van der Waals surface area contributed by atoms with E-state index in [1.165, 1.54) is 0 Å². The smallest absolute Gasteiger partial charge is 0.314 e. The topological polar surface area (TPSA) is 80.7 Å². The summed E-state index contributed by atoms with van der Waals surface area (Å²) in [5.74, 6) is -15.2. The molecule has 5 nitrogen and oxygen atoms in total. The van der Waals surface area contributed by atoms with E-state index < -0.39 is 70.1 Å². The second kappa shape index (κ2) is 6.76. The Labute approximate surface area is 171 Å². The second-order valence-electron chi connectivity index (χ2n) is 9.80. The van der Waals surface area contributed by atoms with Crippen molar-refractivity contribution < 1.29 is 44.5 Å². The molecule has 0 saturated heterocycles. The number of ether oxygens (including phenoxy) is 1. The number of halogens is 5. The van der Waals surface area contributed by atoms with Gasteiger partial charge in [0.25, 0.3) is 27.6 Å². The fourth-order valence-electron chi connectivity index (χ4n) is 6.67. The van der Waals surface area contributed by atoms with Crippen molar-refractivity contribution in [2.75, 3.05) is 5.75 Å². The minimum atomic E-state index is -5.23. The maximum Gasteiger partial charge on any atom is 0.314 e. The largest absolute Gasteiger partial charge is 0.459 e. The van der Waals surface area contributed by atoms with Gasteiger partial charge < -0.3 is 4.74 Å². The molecule has 30 heavy (non-hydrogen) atoms. The first-order valence-corrected chi connectivity index (χ1v) is 11.9. The van der Waals surface area contributed by atoms with Crippen LogP contribution < -0.4 is 0 Å². The summed E-state index contributed by atoms with van der Waals surface area (Å²) >= 11 is 0. The van der Waals surface area contributed by atoms with E-state index >= 15 is 4.39 Å². The van der Waals surface area contributed by atoms with E-state index in [1.54, 1.807) is 0 Å². The molecular formula is C19H25F5O5S. The number of alkyl halides is 5. The van der Waals surface area contributed by atoms with Gasteiger partial charge in [0.05, 0.1) is 5.75 Å². The van der Waals surface area contributed by atoms with E-state index in [1.807, 2.05) is 0 Å². The van der Waals surface area contributed by atoms with Crippen LogP contribution in [-0.4, -0.2) is 47.8 Å². The van der Waals surface area contributed by atoms with Crippen molar-refractivity contribution in [2.45, 2.75) is 80.9 Å². The Bertz CT molecular complexity index is 776. The molecule has 1 atom stereocenters. The predicted octanol–water partition coefficient (Wildman–Crippen LogP) is 4.17. The number of rotatable bonds is 5. The quantitative estimate of drug-likeness (QED) is 0.379. The monoisotopic (exact) mass is 460 g/mol. The van der Waals surface area contributed by atoms with Gasteiger partial charge in [0.2, 0.25) is 0 Å². The van der Waals surface area contributed by atoms with Gasteiger partial charge >= 0.3 is 5.97 Å². The lowest BCUT2D eigenvalue weighted by molar-refractivity contribution is -0.292. The van der Waals surface area contributed by atoms with Gasteiger partial charge in [-0.3, -0.25) is 9.35 Å². The zero-order chi connectivity index (χ0) is 22.2. The molecule has 5 saturated carbocycles. The van der Waals surface area contributed by atoms with Gasteiger partial charge in [-0.15, -0.1) is 0 Å². The third-order valence-electron chi connectivity index (χ3n) is 7.49. The number of hydrogen-bond donors (Lipinski definition) is 1. The van der Waals surface area contributed by atoms with Crippen LogP contribution in [0.15, 0.2) is 0 Å². The van der Waals surface area contributed by atoms with Crippen LogP contribution in [0.25, 0.3) is 0 Å². The third-order valence-corrected chi connectivity index (χ3v) is 8.24. The molecule has 5 aliphatic carbocycles. The lowest BCUT2D eigenvalue weighted by atomic mass is 9.54. The maximum atomic E-state index is 15.6. The molecule has 0 aromatic heterocycles. The highest BCUT2D eigenvalue weighted by Gasteiger charge is 2.76. The summed E-state index contributed by atoms with van der Waals surface area (Å²) in [6.45, 7) is 0. The molecule has 0 aromatic rings. The molecule has 5 fully saturated rings. The number of esters is 1. The predicted molar refractivity (Wildman–Crippen MR) is 94.5 cm³/mol. The number of carbonyl (C=O) groups excluding carboxylic acids is 1. The van der Waals surface area contributed by atoms with E-state index in [0.29, 0.717) is 19.3 Å². The minimum absolute atomic E-state index is 0.251. The summed E-state index contributed by atoms with van der Waals surface area (Å²) in [6.07, 6.45) is 0.892. The molecule has 0 spiro atoms.